The van der Waals surface area contributed by atoms with Gasteiger partial charge in [-0.05, 0) is 61.7 Å². The first-order valence-electron chi connectivity index (χ1n) is 10.00. The number of amides is 1. The number of rotatable bonds is 9. The zero-order valence-corrected chi connectivity index (χ0v) is 19.2. The lowest BCUT2D eigenvalue weighted by molar-refractivity contribution is -0.121. The van der Waals surface area contributed by atoms with Crippen molar-refractivity contribution in [2.45, 2.75) is 26.9 Å². The molecule has 2 aromatic rings. The number of carbonyl (C=O) groups excluding carboxylic acids is 1. The van der Waals surface area contributed by atoms with Crippen LogP contribution in [0.25, 0.3) is 6.08 Å². The van der Waals surface area contributed by atoms with E-state index in [0.717, 1.165) is 16.7 Å². The van der Waals surface area contributed by atoms with Crippen molar-refractivity contribution in [1.82, 2.24) is 4.90 Å². The summed E-state index contributed by atoms with van der Waals surface area (Å²) in [6, 6.07) is 10.0. The summed E-state index contributed by atoms with van der Waals surface area (Å²) in [7, 11) is 0. The Morgan fingerprint density at radius 3 is 2.55 bits per heavy atom. The molecule has 0 unspecified atom stereocenters. The van der Waals surface area contributed by atoms with Gasteiger partial charge in [0, 0.05) is 12.1 Å². The van der Waals surface area contributed by atoms with Crippen molar-refractivity contribution in [2.24, 2.45) is 0 Å². The van der Waals surface area contributed by atoms with E-state index in [9.17, 15) is 9.18 Å². The lowest BCUT2D eigenvalue weighted by Gasteiger charge is -2.17. The Morgan fingerprint density at radius 1 is 1.19 bits per heavy atom. The molecule has 162 valence electrons. The Bertz CT molecular complexity index is 1020. The molecule has 1 aliphatic rings. The van der Waals surface area contributed by atoms with Gasteiger partial charge in [-0.3, -0.25) is 9.69 Å². The number of thiocarbonyl (C=S) groups is 1. The molecule has 0 saturated carbocycles. The van der Waals surface area contributed by atoms with Gasteiger partial charge in [0.1, 0.15) is 16.7 Å². The number of ether oxygens (including phenoxy) is 2. The molecule has 0 spiro atoms. The first-order chi connectivity index (χ1) is 15.0. The number of allylic oxidation sites excluding steroid dienone is 1. The largest absolute Gasteiger partial charge is 0.490 e. The SMILES string of the molecule is C=CCc1cc(/C=C2\SC(=S)N(CC)C2=O)cc(OCC)c1OCc1ccc(F)cc1. The van der Waals surface area contributed by atoms with Crippen molar-refractivity contribution in [3.63, 3.8) is 0 Å². The van der Waals surface area contributed by atoms with E-state index in [2.05, 4.69) is 6.58 Å². The number of halogens is 1. The van der Waals surface area contributed by atoms with Crippen LogP contribution in [0.3, 0.4) is 0 Å². The van der Waals surface area contributed by atoms with Crippen LogP contribution in [0.15, 0.2) is 54.0 Å². The van der Waals surface area contributed by atoms with Gasteiger partial charge in [0.15, 0.2) is 11.5 Å². The average Bonchev–Trinajstić information content (AvgIpc) is 3.01. The number of likely N-dealkylation sites (N-methyl/N-ethyl adjacent to an activating group) is 1. The normalized spacial score (nSPS) is 14.9. The van der Waals surface area contributed by atoms with Gasteiger partial charge in [-0.1, -0.05) is 42.2 Å². The number of thioether (sulfide) groups is 1. The molecule has 1 fully saturated rings. The van der Waals surface area contributed by atoms with E-state index in [1.54, 1.807) is 23.1 Å². The summed E-state index contributed by atoms with van der Waals surface area (Å²) in [5.74, 6) is 0.826. The van der Waals surface area contributed by atoms with Crippen LogP contribution in [0, 0.1) is 5.82 Å². The van der Waals surface area contributed by atoms with Crippen molar-refractivity contribution in [3.8, 4) is 11.5 Å². The molecular weight excluding hydrogens is 433 g/mol. The predicted octanol–water partition coefficient (Wildman–Crippen LogP) is 5.75. The van der Waals surface area contributed by atoms with E-state index >= 15 is 0 Å². The Balaban J connectivity index is 1.95. The fourth-order valence-electron chi connectivity index (χ4n) is 3.16. The molecule has 0 N–H and O–H groups in total. The molecule has 3 rings (SSSR count). The summed E-state index contributed by atoms with van der Waals surface area (Å²) in [5, 5.41) is 0. The summed E-state index contributed by atoms with van der Waals surface area (Å²) >= 11 is 6.60. The molecule has 0 aromatic heterocycles. The van der Waals surface area contributed by atoms with E-state index in [1.165, 1.54) is 23.9 Å². The Morgan fingerprint density at radius 2 is 1.94 bits per heavy atom. The zero-order chi connectivity index (χ0) is 22.4. The highest BCUT2D eigenvalue weighted by Crippen LogP contribution is 2.37. The van der Waals surface area contributed by atoms with Gasteiger partial charge >= 0.3 is 0 Å². The Labute approximate surface area is 191 Å². The van der Waals surface area contributed by atoms with Gasteiger partial charge in [-0.15, -0.1) is 6.58 Å². The summed E-state index contributed by atoms with van der Waals surface area (Å²) in [6.45, 7) is 8.92. The molecule has 1 heterocycles. The number of hydrogen-bond donors (Lipinski definition) is 0. The second-order valence-electron chi connectivity index (χ2n) is 6.77. The van der Waals surface area contributed by atoms with Crippen molar-refractivity contribution in [1.29, 1.82) is 0 Å². The van der Waals surface area contributed by atoms with Crippen LogP contribution < -0.4 is 9.47 Å². The lowest BCUT2D eigenvalue weighted by Crippen LogP contribution is -2.27. The number of carbonyl (C=O) groups is 1. The van der Waals surface area contributed by atoms with Crippen LogP contribution >= 0.6 is 24.0 Å². The third kappa shape index (κ3) is 5.54. The minimum atomic E-state index is -0.288. The second-order valence-corrected chi connectivity index (χ2v) is 8.45. The molecule has 0 bridgehead atoms. The van der Waals surface area contributed by atoms with Crippen molar-refractivity contribution in [2.75, 3.05) is 13.2 Å². The summed E-state index contributed by atoms with van der Waals surface area (Å²) < 4.78 is 25.7. The summed E-state index contributed by atoms with van der Waals surface area (Å²) in [6.07, 6.45) is 4.18. The predicted molar refractivity (Wildman–Crippen MR) is 128 cm³/mol. The first kappa shape index (κ1) is 23.0. The zero-order valence-electron chi connectivity index (χ0n) is 17.5. The summed E-state index contributed by atoms with van der Waals surface area (Å²) in [5.41, 5.74) is 2.56. The van der Waals surface area contributed by atoms with Gasteiger partial charge in [-0.25, -0.2) is 4.39 Å². The van der Waals surface area contributed by atoms with Crippen molar-refractivity contribution in [3.05, 3.63) is 76.5 Å². The van der Waals surface area contributed by atoms with Gasteiger partial charge in [0.05, 0.1) is 11.5 Å². The van der Waals surface area contributed by atoms with E-state index < -0.39 is 0 Å². The van der Waals surface area contributed by atoms with Gasteiger partial charge < -0.3 is 9.47 Å². The fraction of sp³-hybridized carbons (Fsp3) is 0.250. The topological polar surface area (TPSA) is 38.8 Å². The third-order valence-corrected chi connectivity index (χ3v) is 5.98. The maximum Gasteiger partial charge on any atom is 0.266 e. The molecule has 0 radical (unpaired) electrons. The molecular formula is C24H24FNO3S2. The average molecular weight is 458 g/mol. The maximum absolute atomic E-state index is 13.2. The first-order valence-corrected chi connectivity index (χ1v) is 11.2. The highest BCUT2D eigenvalue weighted by molar-refractivity contribution is 8.26. The minimum Gasteiger partial charge on any atom is -0.490 e. The highest BCUT2D eigenvalue weighted by atomic mass is 32.2. The minimum absolute atomic E-state index is 0.0858. The van der Waals surface area contributed by atoms with E-state index in [4.69, 9.17) is 21.7 Å². The van der Waals surface area contributed by atoms with Crippen LogP contribution in [0.5, 0.6) is 11.5 Å². The maximum atomic E-state index is 13.2. The van der Waals surface area contributed by atoms with Crippen molar-refractivity contribution >= 4 is 40.3 Å². The monoisotopic (exact) mass is 457 g/mol. The summed E-state index contributed by atoms with van der Waals surface area (Å²) in [4.78, 5) is 14.7. The molecule has 2 aromatic carbocycles. The van der Waals surface area contributed by atoms with Gasteiger partial charge in [-0.2, -0.15) is 0 Å². The van der Waals surface area contributed by atoms with Crippen LogP contribution in [0.4, 0.5) is 4.39 Å². The van der Waals surface area contributed by atoms with E-state index in [0.29, 0.717) is 40.3 Å². The lowest BCUT2D eigenvalue weighted by atomic mass is 10.0. The van der Waals surface area contributed by atoms with Gasteiger partial charge in [0.2, 0.25) is 0 Å². The van der Waals surface area contributed by atoms with Crippen LogP contribution in [-0.2, 0) is 17.8 Å². The quantitative estimate of drug-likeness (QED) is 0.272. The Kier molecular flexibility index (Phi) is 7.87. The number of nitrogens with zero attached hydrogens (tertiary/aromatic N) is 1. The molecule has 1 aliphatic heterocycles. The molecule has 4 nitrogen and oxygen atoms in total. The van der Waals surface area contributed by atoms with E-state index in [-0.39, 0.29) is 18.3 Å². The van der Waals surface area contributed by atoms with Crippen LogP contribution in [0.2, 0.25) is 0 Å². The molecule has 1 amide bonds. The number of benzene rings is 2. The molecule has 1 saturated heterocycles. The molecule has 31 heavy (non-hydrogen) atoms. The van der Waals surface area contributed by atoms with Crippen LogP contribution in [0.1, 0.15) is 30.5 Å². The van der Waals surface area contributed by atoms with Crippen LogP contribution in [-0.4, -0.2) is 28.3 Å². The smallest absolute Gasteiger partial charge is 0.266 e. The molecule has 0 atom stereocenters. The van der Waals surface area contributed by atoms with E-state index in [1.807, 2.05) is 32.1 Å². The Hall–Kier alpha value is -2.64. The number of hydrogen-bond acceptors (Lipinski definition) is 5. The highest BCUT2D eigenvalue weighted by Gasteiger charge is 2.30. The molecule has 0 aliphatic carbocycles. The fourth-order valence-corrected chi connectivity index (χ4v) is 4.54. The third-order valence-electron chi connectivity index (χ3n) is 4.60. The second kappa shape index (κ2) is 10.6. The standard InChI is InChI=1S/C24H24FNO3S2/c1-4-7-18-12-17(14-21-23(27)26(5-2)24(30)31-21)13-20(28-6-3)22(18)29-15-16-8-10-19(25)11-9-16/h4,8-14H,1,5-7,15H2,2-3H3/b21-14-. The van der Waals surface area contributed by atoms with Gasteiger partial charge in [0.25, 0.3) is 5.91 Å². The van der Waals surface area contributed by atoms with Crippen molar-refractivity contribution < 1.29 is 18.7 Å². The molecule has 7 heteroatoms.